The Morgan fingerprint density at radius 2 is 2.00 bits per heavy atom. The average Bonchev–Trinajstić information content (AvgIpc) is 2.84. The zero-order valence-corrected chi connectivity index (χ0v) is 11.9. The van der Waals surface area contributed by atoms with Crippen molar-refractivity contribution in [2.24, 2.45) is 14.1 Å². The van der Waals surface area contributed by atoms with Gasteiger partial charge in [-0.05, 0) is 26.8 Å². The Kier molecular flexibility index (Phi) is 3.42. The van der Waals surface area contributed by atoms with Crippen LogP contribution >= 0.6 is 0 Å². The van der Waals surface area contributed by atoms with Crippen LogP contribution in [0.15, 0.2) is 12.3 Å². The molecule has 0 aliphatic carbocycles. The quantitative estimate of drug-likeness (QED) is 0.904. The van der Waals surface area contributed by atoms with Gasteiger partial charge in [0, 0.05) is 31.5 Å². The fraction of sp³-hybridized carbons (Fsp3) is 0.462. The van der Waals surface area contributed by atoms with Crippen LogP contribution in [0, 0.1) is 13.8 Å². The molecule has 1 N–H and O–H groups in total. The number of hydrogen-bond donors (Lipinski definition) is 1. The lowest BCUT2D eigenvalue weighted by atomic mass is 10.1. The van der Waals surface area contributed by atoms with Crippen LogP contribution in [0.4, 0.5) is 0 Å². The zero-order valence-electron chi connectivity index (χ0n) is 11.9. The molecule has 6 nitrogen and oxygen atoms in total. The highest BCUT2D eigenvalue weighted by atomic mass is 16.2. The molecule has 2 rings (SSSR count). The normalized spacial score (nSPS) is 12.5. The van der Waals surface area contributed by atoms with Crippen molar-refractivity contribution in [3.8, 4) is 0 Å². The minimum absolute atomic E-state index is 0.0869. The summed E-state index contributed by atoms with van der Waals surface area (Å²) in [6.07, 6.45) is 1.61. The van der Waals surface area contributed by atoms with E-state index < -0.39 is 0 Å². The van der Waals surface area contributed by atoms with E-state index in [-0.39, 0.29) is 11.9 Å². The summed E-state index contributed by atoms with van der Waals surface area (Å²) in [4.78, 5) is 12.1. The first-order valence-corrected chi connectivity index (χ1v) is 6.20. The minimum Gasteiger partial charge on any atom is -0.344 e. The molecule has 1 unspecified atom stereocenters. The number of nitrogens with zero attached hydrogens (tertiary/aromatic N) is 4. The van der Waals surface area contributed by atoms with Gasteiger partial charge in [0.1, 0.15) is 5.69 Å². The molecule has 0 fully saturated rings. The number of aromatic nitrogens is 4. The smallest absolute Gasteiger partial charge is 0.270 e. The third kappa shape index (κ3) is 2.38. The van der Waals surface area contributed by atoms with Crippen LogP contribution in [-0.2, 0) is 14.1 Å². The van der Waals surface area contributed by atoms with Crippen molar-refractivity contribution < 1.29 is 4.79 Å². The molecule has 2 aromatic rings. The number of nitrogens with one attached hydrogen (secondary N) is 1. The third-order valence-corrected chi connectivity index (χ3v) is 3.40. The molecule has 0 aromatic carbocycles. The molecule has 0 saturated carbocycles. The van der Waals surface area contributed by atoms with Gasteiger partial charge in [0.05, 0.1) is 11.7 Å². The summed E-state index contributed by atoms with van der Waals surface area (Å²) in [5.41, 5.74) is 3.62. The highest BCUT2D eigenvalue weighted by Crippen LogP contribution is 2.20. The number of aryl methyl sites for hydroxylation is 3. The van der Waals surface area contributed by atoms with E-state index in [2.05, 4.69) is 15.5 Å². The van der Waals surface area contributed by atoms with Gasteiger partial charge >= 0.3 is 0 Å². The van der Waals surface area contributed by atoms with Crippen molar-refractivity contribution in [1.29, 1.82) is 0 Å². The summed E-state index contributed by atoms with van der Waals surface area (Å²) in [5.74, 6) is -0.129. The van der Waals surface area contributed by atoms with Gasteiger partial charge in [0.2, 0.25) is 0 Å². The van der Waals surface area contributed by atoms with Crippen LogP contribution in [0.5, 0.6) is 0 Å². The average molecular weight is 261 g/mol. The minimum atomic E-state index is -0.129. The summed E-state index contributed by atoms with van der Waals surface area (Å²) in [6.45, 7) is 5.92. The van der Waals surface area contributed by atoms with Crippen molar-refractivity contribution in [2.75, 3.05) is 0 Å². The Morgan fingerprint density at radius 3 is 2.47 bits per heavy atom. The molecule has 2 heterocycles. The molecule has 0 bridgehead atoms. The molecule has 0 aliphatic rings. The van der Waals surface area contributed by atoms with Crippen LogP contribution in [0.1, 0.15) is 40.4 Å². The predicted molar refractivity (Wildman–Crippen MR) is 71.8 cm³/mol. The molecule has 2 aromatic heterocycles. The van der Waals surface area contributed by atoms with Crippen LogP contribution in [0.25, 0.3) is 0 Å². The van der Waals surface area contributed by atoms with Gasteiger partial charge in [-0.15, -0.1) is 0 Å². The van der Waals surface area contributed by atoms with E-state index in [1.165, 1.54) is 0 Å². The van der Waals surface area contributed by atoms with Crippen molar-refractivity contribution in [3.05, 3.63) is 34.9 Å². The van der Waals surface area contributed by atoms with E-state index in [0.29, 0.717) is 5.69 Å². The van der Waals surface area contributed by atoms with Crippen molar-refractivity contribution >= 4 is 5.91 Å². The van der Waals surface area contributed by atoms with Crippen molar-refractivity contribution in [3.63, 3.8) is 0 Å². The summed E-state index contributed by atoms with van der Waals surface area (Å²) < 4.78 is 3.39. The van der Waals surface area contributed by atoms with Crippen LogP contribution in [0.3, 0.4) is 0 Å². The summed E-state index contributed by atoms with van der Waals surface area (Å²) in [7, 11) is 3.65. The first-order valence-electron chi connectivity index (χ1n) is 6.20. The molecule has 0 saturated heterocycles. The molecule has 19 heavy (non-hydrogen) atoms. The molecule has 1 amide bonds. The van der Waals surface area contributed by atoms with E-state index in [4.69, 9.17) is 0 Å². The Morgan fingerprint density at radius 1 is 1.32 bits per heavy atom. The number of carbonyl (C=O) groups is 1. The molecule has 0 radical (unpaired) electrons. The molecule has 1 atom stereocenters. The summed E-state index contributed by atoms with van der Waals surface area (Å²) >= 11 is 0. The SMILES string of the molecule is Cc1nn(C)c(C)c1C(C)NC(=O)c1ccnn1C. The third-order valence-electron chi connectivity index (χ3n) is 3.40. The summed E-state index contributed by atoms with van der Waals surface area (Å²) in [6, 6.07) is 1.61. The molecular weight excluding hydrogens is 242 g/mol. The van der Waals surface area contributed by atoms with Crippen LogP contribution in [0.2, 0.25) is 0 Å². The predicted octanol–water partition coefficient (Wildman–Crippen LogP) is 1.26. The number of hydrogen-bond acceptors (Lipinski definition) is 3. The fourth-order valence-electron chi connectivity index (χ4n) is 2.36. The second-order valence-corrected chi connectivity index (χ2v) is 4.74. The molecular formula is C13H19N5O. The van der Waals surface area contributed by atoms with Crippen molar-refractivity contribution in [2.45, 2.75) is 26.8 Å². The van der Waals surface area contributed by atoms with E-state index in [0.717, 1.165) is 17.0 Å². The van der Waals surface area contributed by atoms with Gasteiger partial charge < -0.3 is 5.32 Å². The van der Waals surface area contributed by atoms with Gasteiger partial charge in [-0.25, -0.2) is 0 Å². The second-order valence-electron chi connectivity index (χ2n) is 4.74. The molecule has 102 valence electrons. The Bertz CT molecular complexity index is 611. The lowest BCUT2D eigenvalue weighted by Crippen LogP contribution is -2.29. The lowest BCUT2D eigenvalue weighted by molar-refractivity contribution is 0.0930. The Hall–Kier alpha value is -2.11. The van der Waals surface area contributed by atoms with Crippen molar-refractivity contribution in [1.82, 2.24) is 24.9 Å². The second kappa shape index (κ2) is 4.87. The Labute approximate surface area is 112 Å². The first kappa shape index (κ1) is 13.3. The molecule has 6 heteroatoms. The largest absolute Gasteiger partial charge is 0.344 e. The molecule has 0 aliphatic heterocycles. The maximum Gasteiger partial charge on any atom is 0.270 e. The Balaban J connectivity index is 2.20. The van der Waals surface area contributed by atoms with Crippen LogP contribution in [-0.4, -0.2) is 25.5 Å². The maximum atomic E-state index is 12.1. The highest BCUT2D eigenvalue weighted by Gasteiger charge is 2.19. The lowest BCUT2D eigenvalue weighted by Gasteiger charge is -2.14. The topological polar surface area (TPSA) is 64.7 Å². The van der Waals surface area contributed by atoms with Gasteiger partial charge in [-0.2, -0.15) is 10.2 Å². The van der Waals surface area contributed by atoms with E-state index in [1.54, 1.807) is 24.0 Å². The van der Waals surface area contributed by atoms with E-state index in [1.807, 2.05) is 32.5 Å². The highest BCUT2D eigenvalue weighted by molar-refractivity contribution is 5.92. The zero-order chi connectivity index (χ0) is 14.2. The van der Waals surface area contributed by atoms with E-state index >= 15 is 0 Å². The maximum absolute atomic E-state index is 12.1. The standard InChI is InChI=1S/C13H19N5O/c1-8(12-9(2)16-17(4)10(12)3)15-13(19)11-6-7-14-18(11)5/h6-8H,1-5H3,(H,15,19). The first-order chi connectivity index (χ1) is 8.91. The van der Waals surface area contributed by atoms with Gasteiger partial charge in [-0.3, -0.25) is 14.2 Å². The van der Waals surface area contributed by atoms with Gasteiger partial charge in [0.25, 0.3) is 5.91 Å². The number of rotatable bonds is 3. The van der Waals surface area contributed by atoms with Crippen LogP contribution < -0.4 is 5.32 Å². The monoisotopic (exact) mass is 261 g/mol. The number of amides is 1. The van der Waals surface area contributed by atoms with Gasteiger partial charge in [0.15, 0.2) is 0 Å². The summed E-state index contributed by atoms with van der Waals surface area (Å²) in [5, 5.41) is 11.3. The van der Waals surface area contributed by atoms with Gasteiger partial charge in [-0.1, -0.05) is 0 Å². The van der Waals surface area contributed by atoms with E-state index in [9.17, 15) is 4.79 Å². The number of carbonyl (C=O) groups excluding carboxylic acids is 1. The fourth-order valence-corrected chi connectivity index (χ4v) is 2.36. The molecule has 0 spiro atoms.